The summed E-state index contributed by atoms with van der Waals surface area (Å²) in [5.41, 5.74) is 0. The molecule has 0 aromatic heterocycles. The molecule has 96 valence electrons. The van der Waals surface area contributed by atoms with Crippen LogP contribution in [0.25, 0.3) is 0 Å². The first kappa shape index (κ1) is 14.0. The van der Waals surface area contributed by atoms with Gasteiger partial charge in [0.15, 0.2) is 6.29 Å². The molecule has 1 atom stereocenters. The molecule has 0 spiro atoms. The Balaban J connectivity index is 2.10. The average molecular weight is 228 g/mol. The smallest absolute Gasteiger partial charge is 0.154 e. The lowest BCUT2D eigenvalue weighted by atomic mass is 10.1. The van der Waals surface area contributed by atoms with E-state index in [-0.39, 0.29) is 0 Å². The van der Waals surface area contributed by atoms with Gasteiger partial charge in [0, 0.05) is 6.61 Å². The highest BCUT2D eigenvalue weighted by Crippen LogP contribution is 2.14. The lowest BCUT2D eigenvalue weighted by Crippen LogP contribution is -2.12. The standard InChI is InChI=1S/C14H28O2/c15-14-12-10-8-6-4-2-1-3-5-7-9-11-13-16-14/h14-15H,1-13H2. The molecule has 1 aliphatic rings. The highest BCUT2D eigenvalue weighted by molar-refractivity contribution is 4.51. The molecule has 16 heavy (non-hydrogen) atoms. The monoisotopic (exact) mass is 228 g/mol. The van der Waals surface area contributed by atoms with Gasteiger partial charge in [-0.25, -0.2) is 0 Å². The molecular formula is C14H28O2. The predicted octanol–water partition coefficient (Wildman–Crippen LogP) is 4.02. The normalized spacial score (nSPS) is 27.9. The minimum atomic E-state index is -0.509. The van der Waals surface area contributed by atoms with Crippen molar-refractivity contribution < 1.29 is 9.84 Å². The molecule has 1 N–H and O–H groups in total. The third-order valence-electron chi connectivity index (χ3n) is 3.41. The number of aliphatic hydroxyl groups excluding tert-OH is 1. The van der Waals surface area contributed by atoms with E-state index >= 15 is 0 Å². The minimum absolute atomic E-state index is 0.509. The van der Waals surface area contributed by atoms with Crippen molar-refractivity contribution in [3.05, 3.63) is 0 Å². The van der Waals surface area contributed by atoms with Crippen molar-refractivity contribution in [1.82, 2.24) is 0 Å². The van der Waals surface area contributed by atoms with Gasteiger partial charge in [-0.3, -0.25) is 0 Å². The Hall–Kier alpha value is -0.0800. The molecule has 2 heteroatoms. The van der Waals surface area contributed by atoms with Gasteiger partial charge < -0.3 is 9.84 Å². The van der Waals surface area contributed by atoms with Crippen LogP contribution >= 0.6 is 0 Å². The van der Waals surface area contributed by atoms with Crippen LogP contribution in [0, 0.1) is 0 Å². The van der Waals surface area contributed by atoms with Gasteiger partial charge in [0.25, 0.3) is 0 Å². The Labute approximate surface area is 100 Å². The van der Waals surface area contributed by atoms with Crippen molar-refractivity contribution in [2.45, 2.75) is 83.3 Å². The van der Waals surface area contributed by atoms with Crippen molar-refractivity contribution in [3.63, 3.8) is 0 Å². The first-order valence-electron chi connectivity index (χ1n) is 7.19. The van der Waals surface area contributed by atoms with Crippen molar-refractivity contribution in [1.29, 1.82) is 0 Å². The molecule has 0 bridgehead atoms. The summed E-state index contributed by atoms with van der Waals surface area (Å²) >= 11 is 0. The highest BCUT2D eigenvalue weighted by Gasteiger charge is 2.04. The zero-order chi connectivity index (χ0) is 11.5. The second kappa shape index (κ2) is 10.1. The maximum Gasteiger partial charge on any atom is 0.154 e. The maximum absolute atomic E-state index is 9.55. The van der Waals surface area contributed by atoms with Gasteiger partial charge in [-0.05, 0) is 19.3 Å². The molecule has 1 unspecified atom stereocenters. The number of aliphatic hydroxyl groups is 1. The van der Waals surface area contributed by atoms with Crippen molar-refractivity contribution in [2.24, 2.45) is 0 Å². The molecule has 0 aromatic rings. The molecular weight excluding hydrogens is 200 g/mol. The van der Waals surface area contributed by atoms with Gasteiger partial charge >= 0.3 is 0 Å². The van der Waals surface area contributed by atoms with Gasteiger partial charge in [-0.2, -0.15) is 0 Å². The second-order valence-electron chi connectivity index (χ2n) is 5.00. The molecule has 0 radical (unpaired) electrons. The first-order valence-corrected chi connectivity index (χ1v) is 7.19. The molecule has 1 rings (SSSR count). The van der Waals surface area contributed by atoms with E-state index in [0.717, 1.165) is 25.9 Å². The Morgan fingerprint density at radius 3 is 1.62 bits per heavy atom. The quantitative estimate of drug-likeness (QED) is 0.678. The SMILES string of the molecule is OC1CCCCCCCCCCCCCO1. The fourth-order valence-corrected chi connectivity index (χ4v) is 2.31. The third kappa shape index (κ3) is 8.12. The Bertz CT molecular complexity index is 132. The minimum Gasteiger partial charge on any atom is -0.368 e. The summed E-state index contributed by atoms with van der Waals surface area (Å²) in [7, 11) is 0. The second-order valence-corrected chi connectivity index (χ2v) is 5.00. The fraction of sp³-hybridized carbons (Fsp3) is 1.00. The Morgan fingerprint density at radius 1 is 0.625 bits per heavy atom. The molecule has 1 fully saturated rings. The van der Waals surface area contributed by atoms with Crippen LogP contribution in [0.4, 0.5) is 0 Å². The molecule has 1 heterocycles. The number of rotatable bonds is 0. The number of ether oxygens (including phenoxy) is 1. The summed E-state index contributed by atoms with van der Waals surface area (Å²) < 4.78 is 5.37. The topological polar surface area (TPSA) is 29.5 Å². The summed E-state index contributed by atoms with van der Waals surface area (Å²) in [6.07, 6.45) is 14.7. The van der Waals surface area contributed by atoms with Gasteiger partial charge in [0.2, 0.25) is 0 Å². The van der Waals surface area contributed by atoms with Gasteiger partial charge in [0.1, 0.15) is 0 Å². The summed E-state index contributed by atoms with van der Waals surface area (Å²) in [4.78, 5) is 0. The molecule has 1 saturated heterocycles. The lowest BCUT2D eigenvalue weighted by Gasteiger charge is -2.11. The summed E-state index contributed by atoms with van der Waals surface area (Å²) in [6, 6.07) is 0. The van der Waals surface area contributed by atoms with Crippen LogP contribution in [0.1, 0.15) is 77.0 Å². The number of hydrogen-bond acceptors (Lipinski definition) is 2. The van der Waals surface area contributed by atoms with Crippen LogP contribution in [0.5, 0.6) is 0 Å². The Kier molecular flexibility index (Phi) is 8.83. The average Bonchev–Trinajstić information content (AvgIpc) is 2.29. The molecule has 0 amide bonds. The van der Waals surface area contributed by atoms with E-state index in [0.29, 0.717) is 0 Å². The van der Waals surface area contributed by atoms with Crippen LogP contribution < -0.4 is 0 Å². The van der Waals surface area contributed by atoms with Gasteiger partial charge in [-0.1, -0.05) is 57.8 Å². The maximum atomic E-state index is 9.55. The van der Waals surface area contributed by atoms with Crippen LogP contribution in [-0.2, 0) is 4.74 Å². The van der Waals surface area contributed by atoms with Gasteiger partial charge in [-0.15, -0.1) is 0 Å². The van der Waals surface area contributed by atoms with Crippen molar-refractivity contribution >= 4 is 0 Å². The van der Waals surface area contributed by atoms with Crippen LogP contribution in [0.15, 0.2) is 0 Å². The fourth-order valence-electron chi connectivity index (χ4n) is 2.31. The van der Waals surface area contributed by atoms with E-state index in [2.05, 4.69) is 0 Å². The molecule has 2 nitrogen and oxygen atoms in total. The van der Waals surface area contributed by atoms with E-state index in [1.165, 1.54) is 57.8 Å². The van der Waals surface area contributed by atoms with E-state index < -0.39 is 6.29 Å². The van der Waals surface area contributed by atoms with E-state index in [1.807, 2.05) is 0 Å². The highest BCUT2D eigenvalue weighted by atomic mass is 16.6. The summed E-state index contributed by atoms with van der Waals surface area (Å²) in [5, 5.41) is 9.55. The summed E-state index contributed by atoms with van der Waals surface area (Å²) in [6.45, 7) is 0.737. The van der Waals surface area contributed by atoms with Gasteiger partial charge in [0.05, 0.1) is 0 Å². The molecule has 0 aromatic carbocycles. The molecule has 0 saturated carbocycles. The van der Waals surface area contributed by atoms with E-state index in [9.17, 15) is 5.11 Å². The van der Waals surface area contributed by atoms with Crippen LogP contribution in [0.2, 0.25) is 0 Å². The predicted molar refractivity (Wildman–Crippen MR) is 67.4 cm³/mol. The zero-order valence-electron chi connectivity index (χ0n) is 10.6. The zero-order valence-corrected chi connectivity index (χ0v) is 10.6. The van der Waals surface area contributed by atoms with Crippen LogP contribution in [0.3, 0.4) is 0 Å². The number of hydrogen-bond donors (Lipinski definition) is 1. The van der Waals surface area contributed by atoms with Crippen molar-refractivity contribution in [3.8, 4) is 0 Å². The first-order chi connectivity index (χ1) is 7.89. The van der Waals surface area contributed by atoms with Crippen LogP contribution in [-0.4, -0.2) is 18.0 Å². The summed E-state index contributed by atoms with van der Waals surface area (Å²) in [5.74, 6) is 0. The lowest BCUT2D eigenvalue weighted by molar-refractivity contribution is -0.105. The van der Waals surface area contributed by atoms with Crippen molar-refractivity contribution in [2.75, 3.05) is 6.61 Å². The molecule has 1 aliphatic heterocycles. The largest absolute Gasteiger partial charge is 0.368 e. The van der Waals surface area contributed by atoms with E-state index in [1.54, 1.807) is 0 Å². The third-order valence-corrected chi connectivity index (χ3v) is 3.41. The Morgan fingerprint density at radius 2 is 1.06 bits per heavy atom. The molecule has 0 aliphatic carbocycles. The van der Waals surface area contributed by atoms with E-state index in [4.69, 9.17) is 4.74 Å².